The summed E-state index contributed by atoms with van der Waals surface area (Å²) in [6.07, 6.45) is -1.46. The van der Waals surface area contributed by atoms with Crippen molar-refractivity contribution < 1.29 is 44.1 Å². The van der Waals surface area contributed by atoms with Crippen molar-refractivity contribution in [3.63, 3.8) is 0 Å². The molecule has 0 aliphatic rings. The Morgan fingerprint density at radius 3 is 2.00 bits per heavy atom. The second-order valence-corrected chi connectivity index (χ2v) is 6.98. The van der Waals surface area contributed by atoms with Crippen LogP contribution in [0, 0.1) is 0 Å². The first-order valence-electron chi connectivity index (χ1n) is 9.52. The second-order valence-electron chi connectivity index (χ2n) is 6.98. The Morgan fingerprint density at radius 2 is 1.48 bits per heavy atom. The maximum Gasteiger partial charge on any atom is 0.326 e. The third-order valence-electron chi connectivity index (χ3n) is 4.20. The number of hydrogen-bond acceptors (Lipinski definition) is 8. The van der Waals surface area contributed by atoms with E-state index < -0.39 is 73.1 Å². The van der Waals surface area contributed by atoms with Gasteiger partial charge in [0.05, 0.1) is 25.4 Å². The molecule has 0 saturated carbocycles. The van der Waals surface area contributed by atoms with Gasteiger partial charge in [-0.1, -0.05) is 12.1 Å². The third kappa shape index (κ3) is 10.1. The lowest BCUT2D eigenvalue weighted by Crippen LogP contribution is -2.54. The number of aromatic hydroxyl groups is 1. The number of aliphatic carboxylic acids is 2. The largest absolute Gasteiger partial charge is 0.508 e. The van der Waals surface area contributed by atoms with Crippen LogP contribution in [0.2, 0.25) is 0 Å². The molecule has 3 atom stereocenters. The van der Waals surface area contributed by atoms with E-state index in [-0.39, 0.29) is 12.2 Å². The van der Waals surface area contributed by atoms with Gasteiger partial charge in [0.25, 0.3) is 0 Å². The number of phenolic OH excluding ortho intramolecular Hbond substituents is 1. The van der Waals surface area contributed by atoms with E-state index in [0.29, 0.717) is 5.56 Å². The molecule has 0 saturated heterocycles. The quantitative estimate of drug-likeness (QED) is 0.144. The summed E-state index contributed by atoms with van der Waals surface area (Å²) in [5.41, 5.74) is 11.3. The number of carbonyl (C=O) groups excluding carboxylic acids is 4. The van der Waals surface area contributed by atoms with Crippen LogP contribution in [0.5, 0.6) is 5.75 Å². The second kappa shape index (κ2) is 12.6. The number of nitrogens with one attached hydrogen (secondary N) is 3. The normalized spacial score (nSPS) is 13.1. The number of carbonyl (C=O) groups is 6. The van der Waals surface area contributed by atoms with Gasteiger partial charge in [0, 0.05) is 0 Å². The molecule has 0 aliphatic carbocycles. The monoisotopic (exact) mass is 467 g/mol. The summed E-state index contributed by atoms with van der Waals surface area (Å²) in [5, 5.41) is 33.5. The van der Waals surface area contributed by atoms with Gasteiger partial charge < -0.3 is 42.7 Å². The van der Waals surface area contributed by atoms with Gasteiger partial charge in [-0.25, -0.2) is 4.79 Å². The average molecular weight is 467 g/mol. The van der Waals surface area contributed by atoms with E-state index in [9.17, 15) is 33.9 Å². The highest BCUT2D eigenvalue weighted by atomic mass is 16.4. The van der Waals surface area contributed by atoms with Crippen molar-refractivity contribution in [2.24, 2.45) is 11.5 Å². The lowest BCUT2D eigenvalue weighted by atomic mass is 10.0. The molecule has 1 aromatic carbocycles. The predicted octanol–water partition coefficient (Wildman–Crippen LogP) is -3.22. The van der Waals surface area contributed by atoms with E-state index in [1.807, 2.05) is 5.32 Å². The van der Waals surface area contributed by atoms with Crippen LogP contribution < -0.4 is 27.4 Å². The minimum absolute atomic E-state index is 0.0169. The standard InChI is InChI=1S/C19H25N5O9/c20-11(5-9-1-3-10(25)4-2-9)17(30)24-12(7-16(28)29)18(31)22-8-15(27)23-13(19(32)33)6-14(21)26/h1-4,11-13,25H,5-8,20H2,(H2,21,26)(H,22,31)(H,23,27)(H,24,30)(H,28,29)(H,32,33). The van der Waals surface area contributed by atoms with Crippen molar-refractivity contribution in [3.05, 3.63) is 29.8 Å². The van der Waals surface area contributed by atoms with Gasteiger partial charge in [0.15, 0.2) is 0 Å². The summed E-state index contributed by atoms with van der Waals surface area (Å²) >= 11 is 0. The number of carboxylic acid groups (broad SMARTS) is 2. The summed E-state index contributed by atoms with van der Waals surface area (Å²) in [7, 11) is 0. The molecule has 33 heavy (non-hydrogen) atoms. The van der Waals surface area contributed by atoms with Gasteiger partial charge >= 0.3 is 11.9 Å². The van der Waals surface area contributed by atoms with E-state index in [1.165, 1.54) is 24.3 Å². The topological polar surface area (TPSA) is 251 Å². The Labute approximate surface area is 187 Å². The Balaban J connectivity index is 2.69. The summed E-state index contributed by atoms with van der Waals surface area (Å²) in [6, 6.07) is 1.52. The Morgan fingerprint density at radius 1 is 0.879 bits per heavy atom. The van der Waals surface area contributed by atoms with Crippen molar-refractivity contribution >= 4 is 35.6 Å². The van der Waals surface area contributed by atoms with Crippen LogP contribution in [-0.4, -0.2) is 75.6 Å². The molecule has 0 heterocycles. The summed E-state index contributed by atoms with van der Waals surface area (Å²) < 4.78 is 0. The fraction of sp³-hybridized carbons (Fsp3) is 0.368. The van der Waals surface area contributed by atoms with Crippen LogP contribution in [0.4, 0.5) is 0 Å². The zero-order valence-corrected chi connectivity index (χ0v) is 17.3. The number of nitrogens with two attached hydrogens (primary N) is 2. The Hall–Kier alpha value is -4.20. The molecule has 0 aliphatic heterocycles. The molecule has 0 spiro atoms. The molecule has 3 unspecified atom stereocenters. The van der Waals surface area contributed by atoms with Gasteiger partial charge in [-0.2, -0.15) is 0 Å². The molecule has 4 amide bonds. The van der Waals surface area contributed by atoms with E-state index in [1.54, 1.807) is 0 Å². The van der Waals surface area contributed by atoms with Gasteiger partial charge in [0.2, 0.25) is 23.6 Å². The number of rotatable bonds is 13. The highest BCUT2D eigenvalue weighted by molar-refractivity contribution is 5.95. The van der Waals surface area contributed by atoms with Gasteiger partial charge in [-0.05, 0) is 24.1 Å². The molecular formula is C19H25N5O9. The molecule has 1 aromatic rings. The van der Waals surface area contributed by atoms with E-state index in [2.05, 4.69) is 10.6 Å². The fourth-order valence-corrected chi connectivity index (χ4v) is 2.58. The van der Waals surface area contributed by atoms with Crippen LogP contribution in [0.3, 0.4) is 0 Å². The van der Waals surface area contributed by atoms with Crippen molar-refractivity contribution in [2.45, 2.75) is 37.4 Å². The first-order chi connectivity index (χ1) is 15.4. The van der Waals surface area contributed by atoms with Crippen molar-refractivity contribution in [1.82, 2.24) is 16.0 Å². The molecule has 0 radical (unpaired) electrons. The average Bonchev–Trinajstić information content (AvgIpc) is 2.71. The minimum atomic E-state index is -1.61. The number of amides is 4. The lowest BCUT2D eigenvalue weighted by Gasteiger charge is -2.20. The summed E-state index contributed by atoms with van der Waals surface area (Å²) in [6.45, 7) is -0.757. The molecule has 0 bridgehead atoms. The minimum Gasteiger partial charge on any atom is -0.508 e. The first kappa shape index (κ1) is 26.8. The molecule has 0 fully saturated rings. The molecule has 180 valence electrons. The van der Waals surface area contributed by atoms with Gasteiger partial charge in [-0.15, -0.1) is 0 Å². The van der Waals surface area contributed by atoms with Crippen LogP contribution in [-0.2, 0) is 35.2 Å². The van der Waals surface area contributed by atoms with E-state index in [4.69, 9.17) is 21.7 Å². The van der Waals surface area contributed by atoms with Crippen LogP contribution in [0.1, 0.15) is 18.4 Å². The third-order valence-corrected chi connectivity index (χ3v) is 4.20. The first-order valence-corrected chi connectivity index (χ1v) is 9.52. The highest BCUT2D eigenvalue weighted by Crippen LogP contribution is 2.11. The fourth-order valence-electron chi connectivity index (χ4n) is 2.58. The van der Waals surface area contributed by atoms with Crippen LogP contribution >= 0.6 is 0 Å². The maximum absolute atomic E-state index is 12.3. The highest BCUT2D eigenvalue weighted by Gasteiger charge is 2.27. The maximum atomic E-state index is 12.3. The number of carboxylic acids is 2. The van der Waals surface area contributed by atoms with Crippen molar-refractivity contribution in [2.75, 3.05) is 6.54 Å². The number of primary amides is 1. The van der Waals surface area contributed by atoms with Crippen LogP contribution in [0.25, 0.3) is 0 Å². The van der Waals surface area contributed by atoms with Crippen LogP contribution in [0.15, 0.2) is 24.3 Å². The molecule has 10 N–H and O–H groups in total. The zero-order valence-electron chi connectivity index (χ0n) is 17.3. The molecule has 1 rings (SSSR count). The SMILES string of the molecule is NC(=O)CC(NC(=O)CNC(=O)C(CC(=O)O)NC(=O)C(N)Cc1ccc(O)cc1)C(=O)O. The smallest absolute Gasteiger partial charge is 0.326 e. The predicted molar refractivity (Wildman–Crippen MR) is 110 cm³/mol. The summed E-state index contributed by atoms with van der Waals surface area (Å²) in [4.78, 5) is 69.5. The Kier molecular flexibility index (Phi) is 10.3. The molecule has 0 aromatic heterocycles. The molecule has 14 heteroatoms. The van der Waals surface area contributed by atoms with Gasteiger partial charge in [-0.3, -0.25) is 24.0 Å². The van der Waals surface area contributed by atoms with E-state index in [0.717, 1.165) is 0 Å². The van der Waals surface area contributed by atoms with Crippen molar-refractivity contribution in [3.8, 4) is 5.75 Å². The summed E-state index contributed by atoms with van der Waals surface area (Å²) in [5.74, 6) is -6.74. The Bertz CT molecular complexity index is 903. The zero-order chi connectivity index (χ0) is 25.1. The lowest BCUT2D eigenvalue weighted by molar-refractivity contribution is -0.143. The van der Waals surface area contributed by atoms with Gasteiger partial charge in [0.1, 0.15) is 17.8 Å². The molecule has 14 nitrogen and oxygen atoms in total. The number of benzene rings is 1. The number of hydrogen-bond donors (Lipinski definition) is 8. The van der Waals surface area contributed by atoms with Crippen molar-refractivity contribution in [1.29, 1.82) is 0 Å². The number of phenols is 1. The van der Waals surface area contributed by atoms with E-state index >= 15 is 0 Å². The molecular weight excluding hydrogens is 442 g/mol.